The molecular weight excluding hydrogens is 371 g/mol. The summed E-state index contributed by atoms with van der Waals surface area (Å²) in [6.07, 6.45) is -4.51. The van der Waals surface area contributed by atoms with E-state index in [2.05, 4.69) is 0 Å². The number of nitrogens with two attached hydrogens (primary N) is 2. The first kappa shape index (κ1) is 28.3. The van der Waals surface area contributed by atoms with E-state index in [-0.39, 0.29) is 19.1 Å². The van der Waals surface area contributed by atoms with Gasteiger partial charge in [0, 0.05) is 6.42 Å². The number of aldehydes is 1. The Morgan fingerprint density at radius 1 is 1.12 bits per heavy atom. The summed E-state index contributed by atoms with van der Waals surface area (Å²) >= 11 is 0. The van der Waals surface area contributed by atoms with Crippen molar-refractivity contribution >= 4 is 26.0 Å². The van der Waals surface area contributed by atoms with E-state index in [0.29, 0.717) is 0 Å². The molecule has 0 spiro atoms. The van der Waals surface area contributed by atoms with Crippen LogP contribution in [0.3, 0.4) is 0 Å². The zero-order valence-electron chi connectivity index (χ0n) is 12.8. The molecule has 1 amide bonds. The molecule has 14 nitrogen and oxygen atoms in total. The summed E-state index contributed by atoms with van der Waals surface area (Å²) < 4.78 is 8.88. The Morgan fingerprint density at radius 3 is 1.76 bits per heavy atom. The topological polar surface area (TPSA) is 282 Å². The smallest absolute Gasteiger partial charge is 0.466 e. The molecule has 0 aliphatic rings. The van der Waals surface area contributed by atoms with Crippen molar-refractivity contribution in [2.24, 2.45) is 11.5 Å². The van der Waals surface area contributed by atoms with Crippen LogP contribution in [0.25, 0.3) is 0 Å². The quantitative estimate of drug-likeness (QED) is 0.136. The molecule has 0 aromatic rings. The molecule has 0 aliphatic heterocycles. The second kappa shape index (κ2) is 14.8. The molecule has 4 unspecified atom stereocenters. The zero-order valence-corrected chi connectivity index (χ0v) is 13.7. The molecule has 0 aromatic heterocycles. The molecule has 0 bridgehead atoms. The lowest BCUT2D eigenvalue weighted by molar-refractivity contribution is -0.138. The Bertz CT molecular complexity index is 433. The summed E-state index contributed by atoms with van der Waals surface area (Å²) in [5.74, 6) is -1.64. The van der Waals surface area contributed by atoms with Gasteiger partial charge in [-0.1, -0.05) is 0 Å². The van der Waals surface area contributed by atoms with Gasteiger partial charge < -0.3 is 56.5 Å². The highest BCUT2D eigenvalue weighted by atomic mass is 31.2. The van der Waals surface area contributed by atoms with Gasteiger partial charge in [0.1, 0.15) is 24.4 Å². The van der Waals surface area contributed by atoms with Gasteiger partial charge in [-0.15, -0.1) is 0 Å². The Labute approximate surface area is 141 Å². The van der Waals surface area contributed by atoms with Crippen molar-refractivity contribution in [1.82, 2.24) is 0 Å². The van der Waals surface area contributed by atoms with Crippen LogP contribution in [0.5, 0.6) is 0 Å². The van der Waals surface area contributed by atoms with Crippen molar-refractivity contribution in [3.63, 3.8) is 0 Å². The number of carbonyl (C=O) groups is 3. The predicted molar refractivity (Wildman–Crippen MR) is 79.5 cm³/mol. The van der Waals surface area contributed by atoms with Crippen LogP contribution >= 0.6 is 7.82 Å². The lowest BCUT2D eigenvalue weighted by atomic mass is 10.1. The number of hydrogen-bond donors (Lipinski definition) is 10. The fourth-order valence-electron chi connectivity index (χ4n) is 0.837. The Kier molecular flexibility index (Phi) is 16.8. The highest BCUT2D eigenvalue weighted by molar-refractivity contribution is 7.45. The number of carboxylic acid groups (broad SMARTS) is 1. The van der Waals surface area contributed by atoms with Gasteiger partial charge in [-0.2, -0.15) is 0 Å². The first-order valence-electron chi connectivity index (χ1n) is 6.32. The van der Waals surface area contributed by atoms with E-state index < -0.39 is 50.7 Å². The molecule has 0 aliphatic carbocycles. The molecule has 0 aromatic carbocycles. The molecule has 0 heterocycles. The van der Waals surface area contributed by atoms with Crippen LogP contribution in [-0.2, 0) is 18.9 Å². The third kappa shape index (κ3) is 24.9. The van der Waals surface area contributed by atoms with Crippen LogP contribution in [0.2, 0.25) is 0 Å². The van der Waals surface area contributed by atoms with Crippen molar-refractivity contribution in [1.29, 1.82) is 0 Å². The van der Waals surface area contributed by atoms with Gasteiger partial charge in [0.25, 0.3) is 0 Å². The standard InChI is InChI=1S/C5H10N2O3.C5H10O5.H3O4P/c6-3(5(9)10)1-2-4(7)8;6-1-3(8)5(10)4(9)2-7;1-5(2,3)4/h3H,1-2,6H2,(H2,7,8)(H,9,10);1,3-5,7-10H,2H2;(H3,1,2,3,4). The van der Waals surface area contributed by atoms with Gasteiger partial charge in [0.15, 0.2) is 6.29 Å². The third-order valence-electron chi connectivity index (χ3n) is 2.09. The van der Waals surface area contributed by atoms with Crippen LogP contribution in [0.4, 0.5) is 0 Å². The Morgan fingerprint density at radius 2 is 1.52 bits per heavy atom. The highest BCUT2D eigenvalue weighted by Crippen LogP contribution is 2.25. The molecule has 0 fully saturated rings. The Hall–Kier alpha value is -1.48. The van der Waals surface area contributed by atoms with E-state index in [1.165, 1.54) is 0 Å². The number of aliphatic carboxylic acids is 1. The number of phosphoric acid groups is 1. The van der Waals surface area contributed by atoms with Gasteiger partial charge in [0.05, 0.1) is 6.61 Å². The van der Waals surface area contributed by atoms with Crippen molar-refractivity contribution in [3.05, 3.63) is 0 Å². The normalized spacial score (nSPS) is 15.2. The van der Waals surface area contributed by atoms with Gasteiger partial charge in [-0.25, -0.2) is 4.57 Å². The maximum atomic E-state index is 10.1. The minimum atomic E-state index is -4.64. The van der Waals surface area contributed by atoms with Crippen LogP contribution in [0.15, 0.2) is 0 Å². The minimum absolute atomic E-state index is 0.0213. The fourth-order valence-corrected chi connectivity index (χ4v) is 0.837. The molecule has 0 rings (SSSR count). The molecule has 15 heteroatoms. The zero-order chi connectivity index (χ0) is 20.8. The third-order valence-corrected chi connectivity index (χ3v) is 2.09. The predicted octanol–water partition coefficient (Wildman–Crippen LogP) is -5.00. The van der Waals surface area contributed by atoms with Gasteiger partial charge >= 0.3 is 13.8 Å². The summed E-state index contributed by atoms with van der Waals surface area (Å²) in [5.41, 5.74) is 9.81. The summed E-state index contributed by atoms with van der Waals surface area (Å²) in [6.45, 7) is -0.688. The number of aliphatic hydroxyl groups excluding tert-OH is 4. The van der Waals surface area contributed by atoms with E-state index in [1.54, 1.807) is 0 Å². The molecule has 0 saturated heterocycles. The van der Waals surface area contributed by atoms with Crippen molar-refractivity contribution in [2.75, 3.05) is 6.61 Å². The molecule has 4 atom stereocenters. The lowest BCUT2D eigenvalue weighted by Gasteiger charge is -2.16. The Balaban J connectivity index is -0.000000308. The summed E-state index contributed by atoms with van der Waals surface area (Å²) in [6, 6.07) is -0.979. The van der Waals surface area contributed by atoms with Gasteiger partial charge in [-0.05, 0) is 6.42 Å². The number of rotatable bonds is 8. The van der Waals surface area contributed by atoms with Crippen molar-refractivity contribution in [2.45, 2.75) is 37.2 Å². The van der Waals surface area contributed by atoms with Crippen molar-refractivity contribution < 1.29 is 59.2 Å². The van der Waals surface area contributed by atoms with Crippen LogP contribution < -0.4 is 11.5 Å². The number of primary amides is 1. The molecule has 150 valence electrons. The number of hydrogen-bond acceptors (Lipinski definition) is 9. The monoisotopic (exact) mass is 394 g/mol. The molecule has 25 heavy (non-hydrogen) atoms. The maximum absolute atomic E-state index is 10.1. The minimum Gasteiger partial charge on any atom is -0.480 e. The van der Waals surface area contributed by atoms with Gasteiger partial charge in [0.2, 0.25) is 5.91 Å². The number of aliphatic hydroxyl groups is 4. The van der Waals surface area contributed by atoms with Gasteiger partial charge in [-0.3, -0.25) is 9.59 Å². The average Bonchev–Trinajstić information content (AvgIpc) is 2.48. The number of carbonyl (C=O) groups excluding carboxylic acids is 2. The molecule has 0 radical (unpaired) electrons. The second-order valence-electron chi connectivity index (χ2n) is 4.33. The van der Waals surface area contributed by atoms with Crippen LogP contribution in [0.1, 0.15) is 12.8 Å². The number of carboxylic acids is 1. The van der Waals surface area contributed by atoms with E-state index in [9.17, 15) is 14.4 Å². The SMILES string of the molecule is NC(=O)CCC(N)C(=O)O.O=CC(O)C(O)C(O)CO.O=P(O)(O)O. The molecule has 0 saturated carbocycles. The van der Waals surface area contributed by atoms with E-state index in [0.717, 1.165) is 0 Å². The average molecular weight is 394 g/mol. The maximum Gasteiger partial charge on any atom is 0.466 e. The second-order valence-corrected chi connectivity index (χ2v) is 5.36. The van der Waals surface area contributed by atoms with Crippen LogP contribution in [0, 0.1) is 0 Å². The molecule has 12 N–H and O–H groups in total. The lowest BCUT2D eigenvalue weighted by Crippen LogP contribution is -2.40. The first-order chi connectivity index (χ1) is 11.2. The van der Waals surface area contributed by atoms with Crippen LogP contribution in [-0.4, -0.2) is 89.3 Å². The summed E-state index contributed by atoms with van der Waals surface area (Å²) in [4.78, 5) is 51.5. The van der Waals surface area contributed by atoms with E-state index in [1.807, 2.05) is 0 Å². The van der Waals surface area contributed by atoms with Crippen molar-refractivity contribution in [3.8, 4) is 0 Å². The van der Waals surface area contributed by atoms with E-state index >= 15 is 0 Å². The first-order valence-corrected chi connectivity index (χ1v) is 7.89. The number of amides is 1. The highest BCUT2D eigenvalue weighted by Gasteiger charge is 2.22. The largest absolute Gasteiger partial charge is 0.480 e. The van der Waals surface area contributed by atoms with E-state index in [4.69, 9.17) is 56.2 Å². The fraction of sp³-hybridized carbons (Fsp3) is 0.700. The summed E-state index contributed by atoms with van der Waals surface area (Å²) in [7, 11) is -4.64. The summed E-state index contributed by atoms with van der Waals surface area (Å²) in [5, 5.41) is 42.3. The molecular formula is C10H23N2O12P.